The van der Waals surface area contributed by atoms with Gasteiger partial charge in [-0.15, -0.1) is 0 Å². The van der Waals surface area contributed by atoms with E-state index in [0.29, 0.717) is 16.2 Å². The Kier molecular flexibility index (Phi) is 3.35. The van der Waals surface area contributed by atoms with Gasteiger partial charge in [0.2, 0.25) is 4.77 Å². The number of hydrogen-bond acceptors (Lipinski definition) is 3. The van der Waals surface area contributed by atoms with Crippen molar-refractivity contribution in [1.82, 2.24) is 14.9 Å². The Morgan fingerprint density at radius 3 is 2.94 bits per heavy atom. The molecule has 4 nitrogen and oxygen atoms in total. The van der Waals surface area contributed by atoms with Crippen LogP contribution in [0, 0.1) is 17.5 Å². The molecule has 0 fully saturated rings. The lowest BCUT2D eigenvalue weighted by Gasteiger charge is -1.97. The molecule has 0 amide bonds. The van der Waals surface area contributed by atoms with Crippen molar-refractivity contribution in [2.45, 2.75) is 6.92 Å². The van der Waals surface area contributed by atoms with E-state index in [1.807, 2.05) is 0 Å². The molecular formula is C10H8ClFN4S. The molecule has 1 heterocycles. The Labute approximate surface area is 107 Å². The first kappa shape index (κ1) is 11.9. The first-order valence-corrected chi connectivity index (χ1v) is 5.50. The Morgan fingerprint density at radius 2 is 2.35 bits per heavy atom. The lowest BCUT2D eigenvalue weighted by molar-refractivity contribution is 0.628. The van der Waals surface area contributed by atoms with E-state index < -0.39 is 5.82 Å². The van der Waals surface area contributed by atoms with E-state index in [2.05, 4.69) is 15.3 Å². The van der Waals surface area contributed by atoms with E-state index in [0.717, 1.165) is 0 Å². The van der Waals surface area contributed by atoms with Gasteiger partial charge in [-0.25, -0.2) is 4.39 Å². The van der Waals surface area contributed by atoms with Crippen LogP contribution in [0.4, 0.5) is 4.39 Å². The Balaban J connectivity index is 2.32. The van der Waals surface area contributed by atoms with Crippen LogP contribution in [0.5, 0.6) is 0 Å². The molecule has 1 aromatic carbocycles. The second kappa shape index (κ2) is 4.77. The molecule has 0 radical (unpaired) electrons. The molecule has 0 aliphatic heterocycles. The molecule has 0 bridgehead atoms. The zero-order chi connectivity index (χ0) is 12.4. The summed E-state index contributed by atoms with van der Waals surface area (Å²) in [5, 5.41) is 10.7. The monoisotopic (exact) mass is 270 g/mol. The van der Waals surface area contributed by atoms with Crippen LogP contribution in [-0.2, 0) is 0 Å². The van der Waals surface area contributed by atoms with Crippen molar-refractivity contribution in [2.75, 3.05) is 0 Å². The Bertz CT molecular complexity index is 631. The van der Waals surface area contributed by atoms with Crippen molar-refractivity contribution in [3.05, 3.63) is 45.2 Å². The fourth-order valence-corrected chi connectivity index (χ4v) is 1.57. The number of hydrogen-bond donors (Lipinski definition) is 1. The van der Waals surface area contributed by atoms with E-state index in [9.17, 15) is 4.39 Å². The van der Waals surface area contributed by atoms with E-state index in [1.54, 1.807) is 13.0 Å². The summed E-state index contributed by atoms with van der Waals surface area (Å²) >= 11 is 10.5. The summed E-state index contributed by atoms with van der Waals surface area (Å²) in [6, 6.07) is 4.43. The molecule has 0 saturated heterocycles. The van der Waals surface area contributed by atoms with Gasteiger partial charge in [-0.3, -0.25) is 5.10 Å². The number of aromatic nitrogens is 3. The van der Waals surface area contributed by atoms with Crippen molar-refractivity contribution in [3.63, 3.8) is 0 Å². The van der Waals surface area contributed by atoms with Crippen molar-refractivity contribution < 1.29 is 4.39 Å². The molecule has 7 heteroatoms. The summed E-state index contributed by atoms with van der Waals surface area (Å²) in [5.41, 5.74) is 0.592. The molecular weight excluding hydrogens is 263 g/mol. The van der Waals surface area contributed by atoms with Gasteiger partial charge in [-0.1, -0.05) is 17.7 Å². The lowest BCUT2D eigenvalue weighted by Crippen LogP contribution is -1.94. The van der Waals surface area contributed by atoms with E-state index >= 15 is 0 Å². The fourth-order valence-electron chi connectivity index (χ4n) is 1.22. The molecule has 1 N–H and O–H groups in total. The molecule has 0 aliphatic carbocycles. The number of aromatic amines is 1. The lowest BCUT2D eigenvalue weighted by atomic mass is 10.2. The summed E-state index contributed by atoms with van der Waals surface area (Å²) in [6.45, 7) is 1.76. The fraction of sp³-hybridized carbons (Fsp3) is 0.100. The topological polar surface area (TPSA) is 46.0 Å². The van der Waals surface area contributed by atoms with E-state index in [4.69, 9.17) is 23.8 Å². The van der Waals surface area contributed by atoms with Gasteiger partial charge >= 0.3 is 0 Å². The van der Waals surface area contributed by atoms with Crippen molar-refractivity contribution >= 4 is 30.0 Å². The Morgan fingerprint density at radius 1 is 1.59 bits per heavy atom. The molecule has 0 saturated carbocycles. The van der Waals surface area contributed by atoms with Crippen LogP contribution in [0.3, 0.4) is 0 Å². The molecule has 0 atom stereocenters. The molecule has 0 aliphatic rings. The first-order chi connectivity index (χ1) is 8.08. The average Bonchev–Trinajstić information content (AvgIpc) is 2.61. The van der Waals surface area contributed by atoms with Crippen LogP contribution < -0.4 is 0 Å². The largest absolute Gasteiger partial charge is 0.250 e. The third-order valence-electron chi connectivity index (χ3n) is 2.08. The quantitative estimate of drug-likeness (QED) is 0.674. The number of rotatable bonds is 2. The maximum atomic E-state index is 13.2. The minimum absolute atomic E-state index is 0.0817. The number of halogens is 2. The summed E-state index contributed by atoms with van der Waals surface area (Å²) in [7, 11) is 0. The minimum Gasteiger partial charge on any atom is -0.250 e. The van der Waals surface area contributed by atoms with Crippen LogP contribution in [0.1, 0.15) is 11.4 Å². The highest BCUT2D eigenvalue weighted by Crippen LogP contribution is 2.14. The molecule has 2 rings (SSSR count). The highest BCUT2D eigenvalue weighted by atomic mass is 35.5. The van der Waals surface area contributed by atoms with Gasteiger partial charge in [0.05, 0.1) is 11.2 Å². The summed E-state index contributed by atoms with van der Waals surface area (Å²) < 4.78 is 15.0. The zero-order valence-corrected chi connectivity index (χ0v) is 10.4. The standard InChI is InChI=1S/C10H8ClFN4S/c1-6-14-15-10(17)16(6)13-5-7-2-3-8(11)9(12)4-7/h2-5H,1H3,(H,15,17)/b13-5+. The van der Waals surface area contributed by atoms with Crippen molar-refractivity contribution in [2.24, 2.45) is 5.10 Å². The average molecular weight is 271 g/mol. The van der Waals surface area contributed by atoms with Crippen LogP contribution in [0.2, 0.25) is 5.02 Å². The predicted molar refractivity (Wildman–Crippen MR) is 66.6 cm³/mol. The van der Waals surface area contributed by atoms with Crippen LogP contribution in [0.15, 0.2) is 23.3 Å². The summed E-state index contributed by atoms with van der Waals surface area (Å²) in [6.07, 6.45) is 1.48. The van der Waals surface area contributed by atoms with Crippen molar-refractivity contribution in [3.8, 4) is 0 Å². The molecule has 2 aromatic rings. The smallest absolute Gasteiger partial charge is 0.216 e. The van der Waals surface area contributed by atoms with Gasteiger partial charge < -0.3 is 0 Å². The molecule has 0 spiro atoms. The SMILES string of the molecule is Cc1n[nH]c(=S)n1/N=C/c1ccc(Cl)c(F)c1. The molecule has 17 heavy (non-hydrogen) atoms. The minimum atomic E-state index is -0.483. The van der Waals surface area contributed by atoms with Crippen LogP contribution in [-0.4, -0.2) is 21.1 Å². The van der Waals surface area contributed by atoms with E-state index in [1.165, 1.54) is 23.0 Å². The number of benzene rings is 1. The Hall–Kier alpha value is -1.53. The third-order valence-corrected chi connectivity index (χ3v) is 2.65. The van der Waals surface area contributed by atoms with Gasteiger partial charge in [0, 0.05) is 0 Å². The van der Waals surface area contributed by atoms with Crippen LogP contribution in [0.25, 0.3) is 0 Å². The highest BCUT2D eigenvalue weighted by molar-refractivity contribution is 7.71. The first-order valence-electron chi connectivity index (χ1n) is 4.71. The molecule has 0 unspecified atom stereocenters. The van der Waals surface area contributed by atoms with Gasteiger partial charge in [0.1, 0.15) is 11.6 Å². The normalized spacial score (nSPS) is 11.2. The summed E-state index contributed by atoms with van der Waals surface area (Å²) in [5.74, 6) is 0.142. The van der Waals surface area contributed by atoms with Gasteiger partial charge in [-0.2, -0.15) is 14.9 Å². The van der Waals surface area contributed by atoms with Gasteiger partial charge in [0.25, 0.3) is 0 Å². The highest BCUT2D eigenvalue weighted by Gasteiger charge is 2.00. The zero-order valence-electron chi connectivity index (χ0n) is 8.82. The summed E-state index contributed by atoms with van der Waals surface area (Å²) in [4.78, 5) is 0. The second-order valence-electron chi connectivity index (χ2n) is 3.31. The second-order valence-corrected chi connectivity index (χ2v) is 4.10. The maximum absolute atomic E-state index is 13.2. The number of aryl methyl sites for hydroxylation is 1. The molecule has 88 valence electrons. The third kappa shape index (κ3) is 2.59. The number of nitrogens with one attached hydrogen (secondary N) is 1. The van der Waals surface area contributed by atoms with Crippen molar-refractivity contribution in [1.29, 1.82) is 0 Å². The number of nitrogens with zero attached hydrogens (tertiary/aromatic N) is 3. The predicted octanol–water partition coefficient (Wildman–Crippen LogP) is 2.92. The number of H-pyrrole nitrogens is 1. The van der Waals surface area contributed by atoms with Crippen LogP contribution >= 0.6 is 23.8 Å². The van der Waals surface area contributed by atoms with E-state index in [-0.39, 0.29) is 5.02 Å². The maximum Gasteiger partial charge on any atom is 0.216 e. The molecule has 1 aromatic heterocycles. The van der Waals surface area contributed by atoms with Gasteiger partial charge in [0.15, 0.2) is 0 Å². The van der Waals surface area contributed by atoms with Gasteiger partial charge in [-0.05, 0) is 36.8 Å².